The van der Waals surface area contributed by atoms with E-state index >= 15 is 0 Å². The van der Waals surface area contributed by atoms with E-state index in [1.54, 1.807) is 12.1 Å². The van der Waals surface area contributed by atoms with Gasteiger partial charge in [0.05, 0.1) is 5.75 Å². The molecule has 0 heterocycles. The van der Waals surface area contributed by atoms with Crippen LogP contribution in [0.15, 0.2) is 53.4 Å². The molecule has 0 saturated heterocycles. The van der Waals surface area contributed by atoms with Crippen molar-refractivity contribution in [2.24, 2.45) is 5.73 Å². The molecule has 2 amide bonds. The molecule has 3 N–H and O–H groups in total. The normalized spacial score (nSPS) is 11.5. The molecular weight excluding hydrogens is 352 g/mol. The maximum Gasteiger partial charge on any atom is 0.317 e. The lowest BCUT2D eigenvalue weighted by Gasteiger charge is -2.14. The van der Waals surface area contributed by atoms with Crippen molar-refractivity contribution >= 4 is 35.2 Å². The van der Waals surface area contributed by atoms with Gasteiger partial charge in [-0.3, -0.25) is 14.4 Å². The van der Waals surface area contributed by atoms with Crippen LogP contribution in [0.5, 0.6) is 0 Å². The van der Waals surface area contributed by atoms with Crippen LogP contribution in [-0.4, -0.2) is 29.6 Å². The minimum absolute atomic E-state index is 0.121. The standard InChI is InChI=1S/C19H20N2O4S/c1-12-5-3-4-6-16(12)26-11-17(22)25-13(2)19(24)21-15-9-7-14(8-10-15)18(20)23/h3-10,13H,11H2,1-2H3,(H2,20,23)(H,21,24)/t13-/m0/s1. The Morgan fingerprint density at radius 1 is 1.12 bits per heavy atom. The van der Waals surface area contributed by atoms with Gasteiger partial charge in [0.15, 0.2) is 6.10 Å². The van der Waals surface area contributed by atoms with Crippen LogP contribution in [0.3, 0.4) is 0 Å². The fraction of sp³-hybridized carbons (Fsp3) is 0.211. The van der Waals surface area contributed by atoms with Crippen LogP contribution >= 0.6 is 11.8 Å². The molecule has 0 spiro atoms. The molecule has 0 aliphatic heterocycles. The van der Waals surface area contributed by atoms with Gasteiger partial charge in [0.1, 0.15) is 0 Å². The number of aryl methyl sites for hydroxylation is 1. The van der Waals surface area contributed by atoms with Gasteiger partial charge in [-0.1, -0.05) is 18.2 Å². The lowest BCUT2D eigenvalue weighted by molar-refractivity contribution is -0.150. The summed E-state index contributed by atoms with van der Waals surface area (Å²) in [5, 5.41) is 2.62. The van der Waals surface area contributed by atoms with Crippen LogP contribution in [0.1, 0.15) is 22.8 Å². The lowest BCUT2D eigenvalue weighted by atomic mass is 10.2. The number of hydrogen-bond acceptors (Lipinski definition) is 5. The van der Waals surface area contributed by atoms with E-state index in [9.17, 15) is 14.4 Å². The van der Waals surface area contributed by atoms with Crippen LogP contribution in [0.4, 0.5) is 5.69 Å². The summed E-state index contributed by atoms with van der Waals surface area (Å²) in [6.45, 7) is 3.47. The molecule has 1 atom stereocenters. The molecule has 0 aromatic heterocycles. The zero-order chi connectivity index (χ0) is 19.1. The SMILES string of the molecule is Cc1ccccc1SCC(=O)O[C@@H](C)C(=O)Nc1ccc(C(N)=O)cc1. The second-order valence-electron chi connectivity index (χ2n) is 5.62. The number of amides is 2. The third-order valence-electron chi connectivity index (χ3n) is 3.55. The predicted octanol–water partition coefficient (Wildman–Crippen LogP) is 2.76. The summed E-state index contributed by atoms with van der Waals surface area (Å²) in [4.78, 5) is 36.1. The highest BCUT2D eigenvalue weighted by Gasteiger charge is 2.18. The number of anilines is 1. The van der Waals surface area contributed by atoms with Crippen LogP contribution < -0.4 is 11.1 Å². The molecule has 0 unspecified atom stereocenters. The maximum atomic E-state index is 12.1. The molecule has 0 radical (unpaired) electrons. The predicted molar refractivity (Wildman–Crippen MR) is 101 cm³/mol. The van der Waals surface area contributed by atoms with E-state index in [-0.39, 0.29) is 5.75 Å². The first-order valence-electron chi connectivity index (χ1n) is 7.95. The van der Waals surface area contributed by atoms with Crippen molar-refractivity contribution < 1.29 is 19.1 Å². The summed E-state index contributed by atoms with van der Waals surface area (Å²) >= 11 is 1.37. The van der Waals surface area contributed by atoms with Crippen molar-refractivity contribution in [1.82, 2.24) is 0 Å². The van der Waals surface area contributed by atoms with Crippen LogP contribution in [0.25, 0.3) is 0 Å². The number of esters is 1. The number of primary amides is 1. The smallest absolute Gasteiger partial charge is 0.317 e. The molecule has 6 nitrogen and oxygen atoms in total. The average molecular weight is 372 g/mol. The number of nitrogens with two attached hydrogens (primary N) is 1. The van der Waals surface area contributed by atoms with E-state index in [1.165, 1.54) is 30.8 Å². The van der Waals surface area contributed by atoms with Gasteiger partial charge >= 0.3 is 5.97 Å². The number of ether oxygens (including phenoxy) is 1. The van der Waals surface area contributed by atoms with E-state index in [4.69, 9.17) is 10.5 Å². The second kappa shape index (κ2) is 9.05. The highest BCUT2D eigenvalue weighted by Crippen LogP contribution is 2.22. The topological polar surface area (TPSA) is 98.5 Å². The Bertz CT molecular complexity index is 805. The Hall–Kier alpha value is -2.80. The van der Waals surface area contributed by atoms with Crippen molar-refractivity contribution in [2.45, 2.75) is 24.8 Å². The lowest BCUT2D eigenvalue weighted by Crippen LogP contribution is -2.30. The molecule has 2 aromatic carbocycles. The molecule has 0 aliphatic rings. The van der Waals surface area contributed by atoms with Crippen molar-refractivity contribution in [3.05, 3.63) is 59.7 Å². The largest absolute Gasteiger partial charge is 0.452 e. The first kappa shape index (κ1) is 19.5. The fourth-order valence-corrected chi connectivity index (χ4v) is 2.91. The minimum atomic E-state index is -0.934. The summed E-state index contributed by atoms with van der Waals surface area (Å²) in [6.07, 6.45) is -0.934. The van der Waals surface area contributed by atoms with Crippen LogP contribution in [0, 0.1) is 6.92 Å². The van der Waals surface area contributed by atoms with Crippen molar-refractivity contribution in [3.63, 3.8) is 0 Å². The van der Waals surface area contributed by atoms with Crippen molar-refractivity contribution in [3.8, 4) is 0 Å². The number of benzene rings is 2. The molecule has 7 heteroatoms. The Morgan fingerprint density at radius 2 is 1.77 bits per heavy atom. The summed E-state index contributed by atoms with van der Waals surface area (Å²) in [5.74, 6) is -1.34. The van der Waals surface area contributed by atoms with Gasteiger partial charge in [0.2, 0.25) is 5.91 Å². The Labute approximate surface area is 156 Å². The maximum absolute atomic E-state index is 12.1. The summed E-state index contributed by atoms with van der Waals surface area (Å²) in [6, 6.07) is 13.9. The molecule has 2 aromatic rings. The van der Waals surface area contributed by atoms with Gasteiger partial charge in [-0.2, -0.15) is 0 Å². The van der Waals surface area contributed by atoms with Gasteiger partial charge in [-0.15, -0.1) is 11.8 Å². The molecule has 0 saturated carbocycles. The Kier molecular flexibility index (Phi) is 6.80. The summed E-state index contributed by atoms with van der Waals surface area (Å²) in [5.41, 5.74) is 7.07. The molecular formula is C19H20N2O4S. The van der Waals surface area contributed by atoms with E-state index in [0.29, 0.717) is 11.3 Å². The first-order valence-corrected chi connectivity index (χ1v) is 8.94. The zero-order valence-corrected chi connectivity index (χ0v) is 15.3. The Balaban J connectivity index is 1.83. The molecule has 26 heavy (non-hydrogen) atoms. The third-order valence-corrected chi connectivity index (χ3v) is 4.70. The number of thioether (sulfide) groups is 1. The van der Waals surface area contributed by atoms with E-state index in [0.717, 1.165) is 10.5 Å². The molecule has 2 rings (SSSR count). The van der Waals surface area contributed by atoms with Gasteiger partial charge < -0.3 is 15.8 Å². The quantitative estimate of drug-likeness (QED) is 0.575. The summed E-state index contributed by atoms with van der Waals surface area (Å²) in [7, 11) is 0. The Morgan fingerprint density at radius 3 is 2.38 bits per heavy atom. The van der Waals surface area contributed by atoms with E-state index in [1.807, 2.05) is 31.2 Å². The fourth-order valence-electron chi connectivity index (χ4n) is 2.10. The first-order chi connectivity index (χ1) is 12.4. The van der Waals surface area contributed by atoms with Gasteiger partial charge in [0.25, 0.3) is 5.91 Å². The number of rotatable bonds is 7. The monoisotopic (exact) mass is 372 g/mol. The van der Waals surface area contributed by atoms with Gasteiger partial charge in [-0.25, -0.2) is 0 Å². The van der Waals surface area contributed by atoms with Crippen molar-refractivity contribution in [2.75, 3.05) is 11.1 Å². The molecule has 0 fully saturated rings. The molecule has 0 bridgehead atoms. The third kappa shape index (κ3) is 5.63. The molecule has 136 valence electrons. The second-order valence-corrected chi connectivity index (χ2v) is 6.63. The highest BCUT2D eigenvalue weighted by molar-refractivity contribution is 8.00. The number of carbonyl (C=O) groups is 3. The number of carbonyl (C=O) groups excluding carboxylic acids is 3. The zero-order valence-electron chi connectivity index (χ0n) is 14.5. The van der Waals surface area contributed by atoms with Crippen LogP contribution in [0.2, 0.25) is 0 Å². The van der Waals surface area contributed by atoms with Gasteiger partial charge in [-0.05, 0) is 49.7 Å². The van der Waals surface area contributed by atoms with E-state index < -0.39 is 23.9 Å². The molecule has 0 aliphatic carbocycles. The number of nitrogens with one attached hydrogen (secondary N) is 1. The van der Waals surface area contributed by atoms with Crippen molar-refractivity contribution in [1.29, 1.82) is 0 Å². The summed E-state index contributed by atoms with van der Waals surface area (Å²) < 4.78 is 5.16. The number of hydrogen-bond donors (Lipinski definition) is 2. The minimum Gasteiger partial charge on any atom is -0.452 e. The van der Waals surface area contributed by atoms with Gasteiger partial charge in [0, 0.05) is 16.1 Å². The van der Waals surface area contributed by atoms with E-state index in [2.05, 4.69) is 5.32 Å². The van der Waals surface area contributed by atoms with Crippen LogP contribution in [-0.2, 0) is 14.3 Å². The highest BCUT2D eigenvalue weighted by atomic mass is 32.2. The average Bonchev–Trinajstić information content (AvgIpc) is 2.61.